The molecule has 0 saturated heterocycles. The molecular formula is C34H28FN7O2. The van der Waals surface area contributed by atoms with Gasteiger partial charge in [0.1, 0.15) is 17.2 Å². The second-order valence-electron chi connectivity index (χ2n) is 10.3. The Balaban J connectivity index is 1.36. The highest BCUT2D eigenvalue weighted by Crippen LogP contribution is 2.32. The second kappa shape index (κ2) is 11.8. The lowest BCUT2D eigenvalue weighted by molar-refractivity contribution is -0.114. The van der Waals surface area contributed by atoms with Crippen LogP contribution in [0.1, 0.15) is 28.4 Å². The van der Waals surface area contributed by atoms with Crippen LogP contribution in [-0.4, -0.2) is 31.3 Å². The van der Waals surface area contributed by atoms with Crippen LogP contribution in [0.25, 0.3) is 39.5 Å². The first kappa shape index (κ1) is 28.2. The number of pyridine rings is 2. The van der Waals surface area contributed by atoms with E-state index in [0.29, 0.717) is 45.3 Å². The van der Waals surface area contributed by atoms with Crippen molar-refractivity contribution in [3.8, 4) is 28.3 Å². The maximum Gasteiger partial charge on any atom is 0.251 e. The molecule has 2 amide bonds. The summed E-state index contributed by atoms with van der Waals surface area (Å²) >= 11 is 0. The molecule has 0 aliphatic rings. The van der Waals surface area contributed by atoms with Crippen molar-refractivity contribution in [3.63, 3.8) is 0 Å². The van der Waals surface area contributed by atoms with Crippen LogP contribution in [0.3, 0.4) is 0 Å². The summed E-state index contributed by atoms with van der Waals surface area (Å²) in [5.41, 5.74) is 12.8. The van der Waals surface area contributed by atoms with Crippen molar-refractivity contribution in [1.29, 1.82) is 0 Å². The Kier molecular flexibility index (Phi) is 7.55. The van der Waals surface area contributed by atoms with Gasteiger partial charge in [0.05, 0.1) is 11.3 Å². The van der Waals surface area contributed by atoms with Crippen molar-refractivity contribution < 1.29 is 14.0 Å². The lowest BCUT2D eigenvalue weighted by Gasteiger charge is -2.12. The van der Waals surface area contributed by atoms with Gasteiger partial charge in [-0.2, -0.15) is 0 Å². The fraction of sp³-hybridized carbons (Fsp3) is 0.0882. The third-order valence-corrected chi connectivity index (χ3v) is 7.14. The number of carbonyl (C=O) groups is 2. The second-order valence-corrected chi connectivity index (χ2v) is 10.3. The van der Waals surface area contributed by atoms with E-state index < -0.39 is 5.82 Å². The monoisotopic (exact) mass is 585 g/mol. The Morgan fingerprint density at radius 3 is 2.50 bits per heavy atom. The van der Waals surface area contributed by atoms with E-state index in [1.807, 2.05) is 71.3 Å². The Labute approximate surface area is 252 Å². The first-order valence-electron chi connectivity index (χ1n) is 13.9. The summed E-state index contributed by atoms with van der Waals surface area (Å²) in [5.74, 6) is -0.0303. The summed E-state index contributed by atoms with van der Waals surface area (Å²) in [6.07, 6.45) is 1.62. The zero-order valence-electron chi connectivity index (χ0n) is 24.0. The van der Waals surface area contributed by atoms with Crippen molar-refractivity contribution in [2.45, 2.75) is 20.4 Å². The van der Waals surface area contributed by atoms with Crippen LogP contribution in [0.15, 0.2) is 97.2 Å². The van der Waals surface area contributed by atoms with E-state index in [2.05, 4.69) is 15.6 Å². The van der Waals surface area contributed by atoms with Gasteiger partial charge in [-0.05, 0) is 78.7 Å². The fourth-order valence-electron chi connectivity index (χ4n) is 4.89. The maximum absolute atomic E-state index is 13.9. The van der Waals surface area contributed by atoms with Crippen molar-refractivity contribution in [3.05, 3.63) is 120 Å². The number of rotatable bonds is 7. The standard InChI is InChI=1S/C34H28FN7O2/c1-20-8-11-24(18-28(20)35)34(44)38-19-22-9-12-26(13-10-22)42-32(27-7-4-16-37-31(27)36)41-30-15-14-29(40-33(30)42)23-5-3-6-25(17-23)39-21(2)43/h3-18H,19H2,1-2H3,(H2,36,37)(H,38,44)(H,39,43). The van der Waals surface area contributed by atoms with E-state index in [0.717, 1.165) is 16.8 Å². The summed E-state index contributed by atoms with van der Waals surface area (Å²) in [6, 6.07) is 26.9. The van der Waals surface area contributed by atoms with E-state index in [4.69, 9.17) is 15.7 Å². The normalized spacial score (nSPS) is 11.0. The number of nitrogens with two attached hydrogens (primary N) is 1. The smallest absolute Gasteiger partial charge is 0.251 e. The summed E-state index contributed by atoms with van der Waals surface area (Å²) in [6.45, 7) is 3.37. The molecule has 0 fully saturated rings. The highest BCUT2D eigenvalue weighted by molar-refractivity contribution is 5.94. The van der Waals surface area contributed by atoms with Crippen LogP contribution >= 0.6 is 0 Å². The molecule has 44 heavy (non-hydrogen) atoms. The van der Waals surface area contributed by atoms with E-state index in [9.17, 15) is 14.0 Å². The van der Waals surface area contributed by atoms with Crippen molar-refractivity contribution in [2.24, 2.45) is 0 Å². The average Bonchev–Trinajstić information content (AvgIpc) is 3.40. The molecule has 0 saturated carbocycles. The van der Waals surface area contributed by atoms with Gasteiger partial charge in [0, 0.05) is 42.2 Å². The number of carbonyl (C=O) groups excluding carboxylic acids is 2. The largest absolute Gasteiger partial charge is 0.383 e. The van der Waals surface area contributed by atoms with E-state index in [1.54, 1.807) is 31.3 Å². The van der Waals surface area contributed by atoms with Crippen molar-refractivity contribution in [2.75, 3.05) is 11.1 Å². The van der Waals surface area contributed by atoms with Crippen molar-refractivity contribution in [1.82, 2.24) is 24.8 Å². The number of hydrogen-bond acceptors (Lipinski definition) is 6. The van der Waals surface area contributed by atoms with Gasteiger partial charge in [0.25, 0.3) is 5.91 Å². The molecule has 6 rings (SSSR count). The van der Waals surface area contributed by atoms with Gasteiger partial charge >= 0.3 is 0 Å². The number of nitrogens with zero attached hydrogens (tertiary/aromatic N) is 4. The number of hydrogen-bond donors (Lipinski definition) is 3. The van der Waals surface area contributed by atoms with Crippen LogP contribution in [0.4, 0.5) is 15.9 Å². The van der Waals surface area contributed by atoms with Gasteiger partial charge in [-0.15, -0.1) is 0 Å². The summed E-state index contributed by atoms with van der Waals surface area (Å²) in [4.78, 5) is 38.3. The number of amides is 2. The van der Waals surface area contributed by atoms with Crippen LogP contribution < -0.4 is 16.4 Å². The molecule has 0 unspecified atom stereocenters. The third-order valence-electron chi connectivity index (χ3n) is 7.14. The first-order chi connectivity index (χ1) is 21.3. The molecule has 9 nitrogen and oxygen atoms in total. The van der Waals surface area contributed by atoms with E-state index in [-0.39, 0.29) is 23.9 Å². The number of aromatic nitrogens is 4. The molecule has 4 N–H and O–H groups in total. The average molecular weight is 586 g/mol. The summed E-state index contributed by atoms with van der Waals surface area (Å²) < 4.78 is 15.9. The summed E-state index contributed by atoms with van der Waals surface area (Å²) in [5, 5.41) is 5.65. The number of halogens is 1. The van der Waals surface area contributed by atoms with E-state index >= 15 is 0 Å². The van der Waals surface area contributed by atoms with E-state index in [1.165, 1.54) is 13.0 Å². The topological polar surface area (TPSA) is 128 Å². The highest BCUT2D eigenvalue weighted by atomic mass is 19.1. The van der Waals surface area contributed by atoms with Crippen LogP contribution in [0.2, 0.25) is 0 Å². The predicted octanol–water partition coefficient (Wildman–Crippen LogP) is 6.07. The molecule has 218 valence electrons. The minimum atomic E-state index is -0.420. The summed E-state index contributed by atoms with van der Waals surface area (Å²) in [7, 11) is 0. The van der Waals surface area contributed by atoms with Gasteiger partial charge < -0.3 is 16.4 Å². The van der Waals surface area contributed by atoms with Gasteiger partial charge in [-0.1, -0.05) is 30.3 Å². The molecular weight excluding hydrogens is 557 g/mol. The van der Waals surface area contributed by atoms with Gasteiger partial charge in [0.2, 0.25) is 5.91 Å². The quantitative estimate of drug-likeness (QED) is 0.209. The number of benzene rings is 3. The van der Waals surface area contributed by atoms with Gasteiger partial charge in [-0.25, -0.2) is 19.3 Å². The maximum atomic E-state index is 13.9. The zero-order chi connectivity index (χ0) is 30.8. The molecule has 3 aromatic carbocycles. The first-order valence-corrected chi connectivity index (χ1v) is 13.9. The number of nitrogen functional groups attached to an aromatic ring is 1. The molecule has 3 aromatic heterocycles. The zero-order valence-corrected chi connectivity index (χ0v) is 24.0. The van der Waals surface area contributed by atoms with Crippen molar-refractivity contribution >= 4 is 34.5 Å². The lowest BCUT2D eigenvalue weighted by Crippen LogP contribution is -2.22. The van der Waals surface area contributed by atoms with Gasteiger partial charge in [0.15, 0.2) is 11.5 Å². The van der Waals surface area contributed by atoms with Crippen LogP contribution in [-0.2, 0) is 11.3 Å². The Bertz CT molecular complexity index is 2040. The minimum absolute atomic E-state index is 0.158. The molecule has 0 atom stereocenters. The minimum Gasteiger partial charge on any atom is -0.383 e. The van der Waals surface area contributed by atoms with Gasteiger partial charge in [-0.3, -0.25) is 14.2 Å². The molecule has 0 radical (unpaired) electrons. The predicted molar refractivity (Wildman–Crippen MR) is 169 cm³/mol. The Morgan fingerprint density at radius 2 is 1.75 bits per heavy atom. The lowest BCUT2D eigenvalue weighted by atomic mass is 10.1. The molecule has 0 aliphatic heterocycles. The molecule has 0 spiro atoms. The number of imidazole rings is 1. The molecule has 3 heterocycles. The molecule has 0 aliphatic carbocycles. The highest BCUT2D eigenvalue weighted by Gasteiger charge is 2.19. The molecule has 0 bridgehead atoms. The van der Waals surface area contributed by atoms with Crippen LogP contribution in [0.5, 0.6) is 0 Å². The Morgan fingerprint density at radius 1 is 0.932 bits per heavy atom. The Hall–Kier alpha value is -5.90. The number of aryl methyl sites for hydroxylation is 1. The SMILES string of the molecule is CC(=O)Nc1cccc(-c2ccc3nc(-c4cccnc4N)n(-c4ccc(CNC(=O)c5ccc(C)c(F)c5)cc4)c3n2)c1. The number of anilines is 2. The fourth-order valence-corrected chi connectivity index (χ4v) is 4.89. The number of nitrogens with one attached hydrogen (secondary N) is 2. The van der Waals surface area contributed by atoms with Crippen LogP contribution in [0, 0.1) is 12.7 Å². The number of fused-ring (bicyclic) bond motifs is 1. The molecule has 10 heteroatoms. The molecule has 6 aromatic rings. The third kappa shape index (κ3) is 5.73.